The monoisotopic (exact) mass is 572 g/mol. The van der Waals surface area contributed by atoms with Crippen molar-refractivity contribution in [3.63, 3.8) is 0 Å². The van der Waals surface area contributed by atoms with Gasteiger partial charge in [0.2, 0.25) is 5.75 Å². The van der Waals surface area contributed by atoms with Crippen molar-refractivity contribution in [2.75, 3.05) is 0 Å². The van der Waals surface area contributed by atoms with Crippen LogP contribution in [0.2, 0.25) is 0 Å². The lowest BCUT2D eigenvalue weighted by molar-refractivity contribution is -0.276. The number of alkyl halides is 3. The van der Waals surface area contributed by atoms with Crippen LogP contribution in [0.4, 0.5) is 30.7 Å². The summed E-state index contributed by atoms with van der Waals surface area (Å²) in [5.74, 6) is -4.15. The molecule has 0 amide bonds. The molecule has 40 heavy (non-hydrogen) atoms. The molecule has 0 radical (unpaired) electrons. The number of hydrogen-bond donors (Lipinski definition) is 0. The molecule has 2 aliphatic carbocycles. The van der Waals surface area contributed by atoms with E-state index in [4.69, 9.17) is 0 Å². The zero-order chi connectivity index (χ0) is 29.0. The summed E-state index contributed by atoms with van der Waals surface area (Å²) in [5, 5.41) is 0. The molecule has 2 aromatic carbocycles. The van der Waals surface area contributed by atoms with Crippen LogP contribution in [0.1, 0.15) is 102 Å². The molecule has 1 nitrogen and oxygen atoms in total. The highest BCUT2D eigenvalue weighted by Gasteiger charge is 2.35. The molecule has 0 aliphatic heterocycles. The van der Waals surface area contributed by atoms with Crippen molar-refractivity contribution in [1.82, 2.24) is 0 Å². The molecular weight excluding hydrogens is 533 g/mol. The van der Waals surface area contributed by atoms with Gasteiger partial charge >= 0.3 is 6.36 Å². The topological polar surface area (TPSA) is 9.23 Å². The summed E-state index contributed by atoms with van der Waals surface area (Å²) < 4.78 is 99.0. The Morgan fingerprint density at radius 3 is 1.85 bits per heavy atom. The number of ether oxygens (including phenoxy) is 1. The van der Waals surface area contributed by atoms with E-state index in [0.717, 1.165) is 37.5 Å². The lowest BCUT2D eigenvalue weighted by Gasteiger charge is -2.36. The second kappa shape index (κ2) is 13.2. The van der Waals surface area contributed by atoms with Gasteiger partial charge in [0.15, 0.2) is 11.6 Å². The Labute approximate surface area is 232 Å². The number of benzene rings is 2. The highest BCUT2D eigenvalue weighted by atomic mass is 19.4. The van der Waals surface area contributed by atoms with Gasteiger partial charge in [-0.05, 0) is 110 Å². The van der Waals surface area contributed by atoms with Crippen molar-refractivity contribution in [1.29, 1.82) is 0 Å². The lowest BCUT2D eigenvalue weighted by atomic mass is 9.70. The molecular formula is C32H39F7O. The maximum absolute atomic E-state index is 15.0. The highest BCUT2D eigenvalue weighted by molar-refractivity contribution is 5.66. The molecule has 1 atom stereocenters. The number of hydrogen-bond acceptors (Lipinski definition) is 1. The van der Waals surface area contributed by atoms with Crippen LogP contribution in [0, 0.1) is 46.9 Å². The summed E-state index contributed by atoms with van der Waals surface area (Å²) in [7, 11) is 0. The molecule has 4 rings (SSSR count). The summed E-state index contributed by atoms with van der Waals surface area (Å²) in [6.45, 7) is 4.62. The smallest absolute Gasteiger partial charge is 0.399 e. The van der Waals surface area contributed by atoms with Crippen LogP contribution in [0.15, 0.2) is 24.3 Å². The third-order valence-corrected chi connectivity index (χ3v) is 9.25. The number of unbranched alkanes of at least 4 members (excludes halogenated alkanes) is 1. The first-order chi connectivity index (χ1) is 18.9. The van der Waals surface area contributed by atoms with E-state index in [2.05, 4.69) is 18.6 Å². The molecule has 0 N–H and O–H groups in total. The second-order valence-electron chi connectivity index (χ2n) is 12.0. The predicted molar refractivity (Wildman–Crippen MR) is 142 cm³/mol. The van der Waals surface area contributed by atoms with E-state index < -0.39 is 46.5 Å². The average molecular weight is 573 g/mol. The third kappa shape index (κ3) is 7.73. The third-order valence-electron chi connectivity index (χ3n) is 9.25. The minimum atomic E-state index is -5.31. The van der Waals surface area contributed by atoms with E-state index in [1.807, 2.05) is 0 Å². The molecule has 1 unspecified atom stereocenters. The van der Waals surface area contributed by atoms with Gasteiger partial charge in [-0.2, -0.15) is 0 Å². The van der Waals surface area contributed by atoms with E-state index in [-0.39, 0.29) is 5.92 Å². The minimum absolute atomic E-state index is 0.0188. The van der Waals surface area contributed by atoms with E-state index in [9.17, 15) is 22.0 Å². The molecule has 2 fully saturated rings. The molecule has 222 valence electrons. The van der Waals surface area contributed by atoms with Crippen LogP contribution in [0.5, 0.6) is 5.75 Å². The van der Waals surface area contributed by atoms with E-state index in [1.54, 1.807) is 0 Å². The van der Waals surface area contributed by atoms with Crippen molar-refractivity contribution >= 4 is 0 Å². The molecule has 2 saturated carbocycles. The van der Waals surface area contributed by atoms with Gasteiger partial charge in [-0.1, -0.05) is 46.0 Å². The van der Waals surface area contributed by atoms with Gasteiger partial charge in [0.05, 0.1) is 5.56 Å². The number of rotatable bonds is 9. The highest BCUT2D eigenvalue weighted by Crippen LogP contribution is 2.43. The Kier molecular flexibility index (Phi) is 10.1. The SMILES string of the molecule is CCCCC1CCC(C(C)CC2CCC(c3cc(F)c(-c4cc(F)c(OC(F)(F)F)c(F)c4)c(F)c3)CC2)CC1. The summed E-state index contributed by atoms with van der Waals surface area (Å²) in [4.78, 5) is 0. The fraction of sp³-hybridized carbons (Fsp3) is 0.625. The van der Waals surface area contributed by atoms with Crippen LogP contribution in [0.3, 0.4) is 0 Å². The fourth-order valence-corrected chi connectivity index (χ4v) is 7.01. The normalized spacial score (nSPS) is 24.6. The lowest BCUT2D eigenvalue weighted by Crippen LogP contribution is -2.23. The van der Waals surface area contributed by atoms with Crippen molar-refractivity contribution in [3.8, 4) is 16.9 Å². The van der Waals surface area contributed by atoms with Crippen LogP contribution in [-0.2, 0) is 0 Å². The van der Waals surface area contributed by atoms with Gasteiger partial charge in [-0.25, -0.2) is 17.6 Å². The molecule has 8 heteroatoms. The Balaban J connectivity index is 1.35. The quantitative estimate of drug-likeness (QED) is 0.272. The molecule has 0 aromatic heterocycles. The largest absolute Gasteiger partial charge is 0.573 e. The second-order valence-corrected chi connectivity index (χ2v) is 12.0. The fourth-order valence-electron chi connectivity index (χ4n) is 7.01. The standard InChI is InChI=1S/C32H39F7O/c1-3-4-5-20-6-10-22(11-7-20)19(2)14-21-8-12-23(13-9-21)24-15-26(33)30(27(34)16-24)25-17-28(35)31(29(36)18-25)40-32(37,38)39/h15-23H,3-14H2,1-2H3. The summed E-state index contributed by atoms with van der Waals surface area (Å²) in [6, 6.07) is 3.24. The summed E-state index contributed by atoms with van der Waals surface area (Å²) in [6.07, 6.45) is 8.76. The summed E-state index contributed by atoms with van der Waals surface area (Å²) >= 11 is 0. The Hall–Kier alpha value is -2.25. The van der Waals surface area contributed by atoms with Gasteiger partial charge in [0, 0.05) is 0 Å². The van der Waals surface area contributed by atoms with Crippen molar-refractivity contribution in [3.05, 3.63) is 53.1 Å². The van der Waals surface area contributed by atoms with Crippen molar-refractivity contribution in [2.24, 2.45) is 23.7 Å². The number of halogens is 7. The molecule has 0 heterocycles. The van der Waals surface area contributed by atoms with E-state index >= 15 is 8.78 Å². The molecule has 2 aromatic rings. The Bertz CT molecular complexity index is 1080. The maximum Gasteiger partial charge on any atom is 0.573 e. The molecule has 0 bridgehead atoms. The first kappa shape index (κ1) is 30.7. The van der Waals surface area contributed by atoms with Gasteiger partial charge < -0.3 is 4.74 Å². The van der Waals surface area contributed by atoms with Gasteiger partial charge in [0.25, 0.3) is 0 Å². The van der Waals surface area contributed by atoms with Crippen molar-refractivity contribution in [2.45, 2.75) is 103 Å². The zero-order valence-corrected chi connectivity index (χ0v) is 23.2. The first-order valence-corrected chi connectivity index (χ1v) is 14.7. The maximum atomic E-state index is 15.0. The van der Waals surface area contributed by atoms with Crippen LogP contribution in [-0.4, -0.2) is 6.36 Å². The molecule has 2 aliphatic rings. The molecule has 0 saturated heterocycles. The zero-order valence-electron chi connectivity index (χ0n) is 23.2. The van der Waals surface area contributed by atoms with Gasteiger partial charge in [-0.3, -0.25) is 0 Å². The van der Waals surface area contributed by atoms with Crippen LogP contribution in [0.25, 0.3) is 11.1 Å². The predicted octanol–water partition coefficient (Wildman–Crippen LogP) is 11.1. The first-order valence-electron chi connectivity index (χ1n) is 14.7. The average Bonchev–Trinajstić information content (AvgIpc) is 2.89. The van der Waals surface area contributed by atoms with E-state index in [0.29, 0.717) is 29.5 Å². The van der Waals surface area contributed by atoms with Crippen molar-refractivity contribution < 1.29 is 35.5 Å². The molecule has 0 spiro atoms. The van der Waals surface area contributed by atoms with Crippen LogP contribution < -0.4 is 4.74 Å². The van der Waals surface area contributed by atoms with Gasteiger partial charge in [-0.15, -0.1) is 13.2 Å². The van der Waals surface area contributed by atoms with Gasteiger partial charge in [0.1, 0.15) is 11.6 Å². The summed E-state index contributed by atoms with van der Waals surface area (Å²) in [5.41, 5.74) is -0.733. The minimum Gasteiger partial charge on any atom is -0.399 e. The Morgan fingerprint density at radius 1 is 0.775 bits per heavy atom. The van der Waals surface area contributed by atoms with E-state index in [1.165, 1.54) is 63.5 Å². The Morgan fingerprint density at radius 2 is 1.32 bits per heavy atom. The van der Waals surface area contributed by atoms with Crippen LogP contribution >= 0.6 is 0 Å².